The number of nitrogens with zero attached hydrogens (tertiary/aromatic N) is 2. The molecule has 27 heavy (non-hydrogen) atoms. The van der Waals surface area contributed by atoms with Gasteiger partial charge in [-0.1, -0.05) is 43.5 Å². The van der Waals surface area contributed by atoms with Crippen molar-refractivity contribution in [2.45, 2.75) is 67.7 Å². The highest BCUT2D eigenvalue weighted by molar-refractivity contribution is 7.99. The highest BCUT2D eigenvalue weighted by atomic mass is 32.2. The molecule has 4 rings (SSSR count). The van der Waals surface area contributed by atoms with Crippen LogP contribution in [0.1, 0.15) is 73.3 Å². The molecule has 0 spiro atoms. The van der Waals surface area contributed by atoms with Gasteiger partial charge in [-0.2, -0.15) is 0 Å². The van der Waals surface area contributed by atoms with E-state index in [-0.39, 0.29) is 11.9 Å². The topological polar surface area (TPSA) is 33.2 Å². The van der Waals surface area contributed by atoms with Crippen LogP contribution in [0, 0.1) is 0 Å². The minimum atomic E-state index is 0.140. The zero-order chi connectivity index (χ0) is 18.5. The Morgan fingerprint density at radius 1 is 0.926 bits per heavy atom. The smallest absolute Gasteiger partial charge is 0.254 e. The van der Waals surface area contributed by atoms with Crippen LogP contribution in [0.15, 0.2) is 53.7 Å². The number of rotatable bonds is 4. The third kappa shape index (κ3) is 4.55. The molecule has 1 aliphatic carbocycles. The highest BCUT2D eigenvalue weighted by Gasteiger charge is 2.29. The minimum absolute atomic E-state index is 0.140. The summed E-state index contributed by atoms with van der Waals surface area (Å²) in [5.41, 5.74) is 1.95. The molecule has 1 unspecified atom stereocenters. The van der Waals surface area contributed by atoms with Crippen LogP contribution in [0.3, 0.4) is 0 Å². The molecule has 2 fully saturated rings. The number of aromatic nitrogens is 1. The van der Waals surface area contributed by atoms with E-state index in [0.717, 1.165) is 35.2 Å². The van der Waals surface area contributed by atoms with E-state index in [1.165, 1.54) is 44.1 Å². The first-order chi connectivity index (χ1) is 13.3. The van der Waals surface area contributed by atoms with E-state index in [2.05, 4.69) is 12.1 Å². The van der Waals surface area contributed by atoms with Gasteiger partial charge in [-0.05, 0) is 55.9 Å². The Morgan fingerprint density at radius 3 is 2.44 bits per heavy atom. The molecule has 1 aromatic heterocycles. The minimum Gasteiger partial charge on any atom is -0.332 e. The number of pyridine rings is 1. The molecular formula is C23H28N2OS. The number of thioether (sulfide) groups is 1. The summed E-state index contributed by atoms with van der Waals surface area (Å²) in [7, 11) is 0. The molecule has 4 heteroatoms. The number of likely N-dealkylation sites (tertiary alicyclic amines) is 1. The molecule has 2 aromatic rings. The van der Waals surface area contributed by atoms with Crippen LogP contribution in [-0.2, 0) is 0 Å². The van der Waals surface area contributed by atoms with E-state index in [4.69, 9.17) is 4.98 Å². The number of amides is 1. The van der Waals surface area contributed by atoms with Crippen molar-refractivity contribution in [1.82, 2.24) is 9.88 Å². The molecule has 1 amide bonds. The second kappa shape index (κ2) is 8.92. The summed E-state index contributed by atoms with van der Waals surface area (Å²) in [5, 5.41) is 1.85. The van der Waals surface area contributed by atoms with Gasteiger partial charge in [0.2, 0.25) is 0 Å². The van der Waals surface area contributed by atoms with Gasteiger partial charge in [0.05, 0.1) is 11.1 Å². The van der Waals surface area contributed by atoms with Crippen LogP contribution in [0.2, 0.25) is 0 Å². The highest BCUT2D eigenvalue weighted by Crippen LogP contribution is 2.35. The molecule has 1 atom stereocenters. The van der Waals surface area contributed by atoms with Gasteiger partial charge in [0.15, 0.2) is 0 Å². The van der Waals surface area contributed by atoms with Crippen molar-refractivity contribution < 1.29 is 4.79 Å². The quantitative estimate of drug-likeness (QED) is 0.665. The Morgan fingerprint density at radius 2 is 1.70 bits per heavy atom. The van der Waals surface area contributed by atoms with E-state index >= 15 is 0 Å². The lowest BCUT2D eigenvalue weighted by atomic mass is 9.95. The third-order valence-electron chi connectivity index (χ3n) is 5.77. The normalized spacial score (nSPS) is 21.2. The summed E-state index contributed by atoms with van der Waals surface area (Å²) < 4.78 is 0. The molecule has 0 N–H and O–H groups in total. The summed E-state index contributed by atoms with van der Waals surface area (Å²) in [5.74, 6) is 0.140. The molecule has 142 valence electrons. The zero-order valence-electron chi connectivity index (χ0n) is 15.8. The fraction of sp³-hybridized carbons (Fsp3) is 0.478. The average molecular weight is 381 g/mol. The number of piperidine rings is 1. The second-order valence-electron chi connectivity index (χ2n) is 7.68. The lowest BCUT2D eigenvalue weighted by molar-refractivity contribution is 0.0611. The SMILES string of the molecule is O=C(c1ccccc1)N1CCCCC1c1ccc(SC2CCCCC2)nc1. The number of benzene rings is 1. The predicted octanol–water partition coefficient (Wildman–Crippen LogP) is 5.87. The van der Waals surface area contributed by atoms with Gasteiger partial charge in [-0.3, -0.25) is 4.79 Å². The summed E-state index contributed by atoms with van der Waals surface area (Å²) in [4.78, 5) is 19.8. The van der Waals surface area contributed by atoms with Crippen LogP contribution in [-0.4, -0.2) is 27.6 Å². The van der Waals surface area contributed by atoms with Crippen molar-refractivity contribution in [2.24, 2.45) is 0 Å². The largest absolute Gasteiger partial charge is 0.332 e. The standard InChI is InChI=1S/C23H28N2OS/c26-23(18-9-3-1-4-10-18)25-16-8-7-13-21(25)19-14-15-22(24-17-19)27-20-11-5-2-6-12-20/h1,3-4,9-10,14-15,17,20-21H,2,5-8,11-13,16H2. The maximum Gasteiger partial charge on any atom is 0.254 e. The van der Waals surface area contributed by atoms with Gasteiger partial charge in [-0.15, -0.1) is 11.8 Å². The third-order valence-corrected chi connectivity index (χ3v) is 7.06. The molecule has 0 radical (unpaired) electrons. The van der Waals surface area contributed by atoms with Gasteiger partial charge >= 0.3 is 0 Å². The lowest BCUT2D eigenvalue weighted by Gasteiger charge is -2.36. The Balaban J connectivity index is 1.47. The van der Waals surface area contributed by atoms with Gasteiger partial charge in [0.1, 0.15) is 0 Å². The van der Waals surface area contributed by atoms with Gasteiger partial charge in [0, 0.05) is 23.6 Å². The molecule has 1 saturated heterocycles. The molecule has 2 aliphatic rings. The maximum absolute atomic E-state index is 13.0. The van der Waals surface area contributed by atoms with Crippen molar-refractivity contribution in [2.75, 3.05) is 6.54 Å². The Hall–Kier alpha value is -1.81. The molecule has 3 nitrogen and oxygen atoms in total. The van der Waals surface area contributed by atoms with Crippen LogP contribution in [0.4, 0.5) is 0 Å². The van der Waals surface area contributed by atoms with E-state index in [1.54, 1.807) is 0 Å². The monoisotopic (exact) mass is 380 g/mol. The summed E-state index contributed by atoms with van der Waals surface area (Å²) in [6.07, 6.45) is 12.0. The van der Waals surface area contributed by atoms with E-state index in [1.807, 2.05) is 53.2 Å². The summed E-state index contributed by atoms with van der Waals surface area (Å²) >= 11 is 1.93. The number of carbonyl (C=O) groups excluding carboxylic acids is 1. The Labute approximate surface area is 166 Å². The summed E-state index contributed by atoms with van der Waals surface area (Å²) in [6.45, 7) is 0.830. The van der Waals surface area contributed by atoms with Crippen LogP contribution in [0.25, 0.3) is 0 Å². The molecule has 2 heterocycles. The number of hydrogen-bond acceptors (Lipinski definition) is 3. The van der Waals surface area contributed by atoms with Crippen molar-refractivity contribution in [1.29, 1.82) is 0 Å². The number of carbonyl (C=O) groups is 1. The van der Waals surface area contributed by atoms with Crippen molar-refractivity contribution in [3.63, 3.8) is 0 Å². The van der Waals surface area contributed by atoms with Crippen molar-refractivity contribution >= 4 is 17.7 Å². The van der Waals surface area contributed by atoms with Gasteiger partial charge in [-0.25, -0.2) is 4.98 Å². The van der Waals surface area contributed by atoms with E-state index in [9.17, 15) is 4.79 Å². The fourth-order valence-electron chi connectivity index (χ4n) is 4.28. The first kappa shape index (κ1) is 18.5. The second-order valence-corrected chi connectivity index (χ2v) is 9.00. The molecule has 1 aliphatic heterocycles. The Bertz CT molecular complexity index is 741. The van der Waals surface area contributed by atoms with Crippen LogP contribution < -0.4 is 0 Å². The molecule has 1 aromatic carbocycles. The van der Waals surface area contributed by atoms with Crippen LogP contribution in [0.5, 0.6) is 0 Å². The summed E-state index contributed by atoms with van der Waals surface area (Å²) in [6, 6.07) is 14.2. The maximum atomic E-state index is 13.0. The van der Waals surface area contributed by atoms with Crippen LogP contribution >= 0.6 is 11.8 Å². The predicted molar refractivity (Wildman–Crippen MR) is 111 cm³/mol. The Kier molecular flexibility index (Phi) is 6.13. The van der Waals surface area contributed by atoms with Gasteiger partial charge in [0.25, 0.3) is 5.91 Å². The average Bonchev–Trinajstić information content (AvgIpc) is 2.75. The van der Waals surface area contributed by atoms with E-state index < -0.39 is 0 Å². The molecule has 0 bridgehead atoms. The first-order valence-corrected chi connectivity index (χ1v) is 11.2. The molecular weight excluding hydrogens is 352 g/mol. The van der Waals surface area contributed by atoms with Crippen molar-refractivity contribution in [3.8, 4) is 0 Å². The lowest BCUT2D eigenvalue weighted by Crippen LogP contribution is -2.38. The zero-order valence-corrected chi connectivity index (χ0v) is 16.7. The first-order valence-electron chi connectivity index (χ1n) is 10.3. The van der Waals surface area contributed by atoms with Gasteiger partial charge < -0.3 is 4.90 Å². The fourth-order valence-corrected chi connectivity index (χ4v) is 5.45. The number of hydrogen-bond donors (Lipinski definition) is 0. The van der Waals surface area contributed by atoms with Crippen molar-refractivity contribution in [3.05, 3.63) is 59.8 Å². The van der Waals surface area contributed by atoms with E-state index in [0.29, 0.717) is 0 Å². The molecule has 1 saturated carbocycles.